The zero-order chi connectivity index (χ0) is 14.6. The molecule has 6 heteroatoms. The fourth-order valence-corrected chi connectivity index (χ4v) is 2.50. The summed E-state index contributed by atoms with van der Waals surface area (Å²) in [5, 5.41) is 22.3. The molecule has 1 aromatic carbocycles. The summed E-state index contributed by atoms with van der Waals surface area (Å²) in [5.74, 6) is -0.0910. The number of carbonyl (C=O) groups excluding carboxylic acids is 1. The molecule has 0 radical (unpaired) electrons. The number of aliphatic hydroxyl groups excluding tert-OH is 1. The smallest absolute Gasteiger partial charge is 0.225 e. The number of likely N-dealkylation sites (tertiary alicyclic amines) is 1. The standard InChI is InChI=1S/C14H19ClN2O3/c15-11-2-1-3-12(8-11)16-13(19)4-6-17-7-5-14(20,9-17)10-18/h1-3,8,18,20H,4-7,9-10H2,(H,16,19). The van der Waals surface area contributed by atoms with Crippen molar-refractivity contribution >= 4 is 23.2 Å². The Morgan fingerprint density at radius 1 is 1.50 bits per heavy atom. The molecule has 5 nitrogen and oxygen atoms in total. The van der Waals surface area contributed by atoms with Gasteiger partial charge in [-0.05, 0) is 24.6 Å². The van der Waals surface area contributed by atoms with Crippen LogP contribution in [0.4, 0.5) is 5.69 Å². The van der Waals surface area contributed by atoms with E-state index in [1.54, 1.807) is 24.3 Å². The predicted octanol–water partition coefficient (Wildman–Crippen LogP) is 1.10. The summed E-state index contributed by atoms with van der Waals surface area (Å²) in [6.07, 6.45) is 0.882. The van der Waals surface area contributed by atoms with E-state index in [0.29, 0.717) is 43.2 Å². The van der Waals surface area contributed by atoms with E-state index < -0.39 is 5.60 Å². The number of benzene rings is 1. The van der Waals surface area contributed by atoms with E-state index >= 15 is 0 Å². The van der Waals surface area contributed by atoms with Crippen molar-refractivity contribution < 1.29 is 15.0 Å². The Morgan fingerprint density at radius 2 is 2.30 bits per heavy atom. The summed E-state index contributed by atoms with van der Waals surface area (Å²) in [4.78, 5) is 13.8. The van der Waals surface area contributed by atoms with Crippen LogP contribution < -0.4 is 5.32 Å². The second-order valence-corrected chi connectivity index (χ2v) is 5.65. The molecule has 0 aromatic heterocycles. The molecule has 1 unspecified atom stereocenters. The molecule has 2 rings (SSSR count). The molecule has 0 saturated carbocycles. The summed E-state index contributed by atoms with van der Waals surface area (Å²) in [5.41, 5.74) is -0.334. The van der Waals surface area contributed by atoms with Gasteiger partial charge in [0.15, 0.2) is 0 Å². The van der Waals surface area contributed by atoms with Crippen LogP contribution in [0.25, 0.3) is 0 Å². The second kappa shape index (κ2) is 6.54. The highest BCUT2D eigenvalue weighted by atomic mass is 35.5. The number of hydrogen-bond donors (Lipinski definition) is 3. The average Bonchev–Trinajstić information content (AvgIpc) is 2.79. The zero-order valence-corrected chi connectivity index (χ0v) is 11.9. The summed E-state index contributed by atoms with van der Waals surface area (Å²) in [7, 11) is 0. The third kappa shape index (κ3) is 4.18. The van der Waals surface area contributed by atoms with Gasteiger partial charge in [0.1, 0.15) is 5.60 Å². The van der Waals surface area contributed by atoms with Crippen molar-refractivity contribution in [2.24, 2.45) is 0 Å². The second-order valence-electron chi connectivity index (χ2n) is 5.22. The first kappa shape index (κ1) is 15.3. The average molecular weight is 299 g/mol. The monoisotopic (exact) mass is 298 g/mol. The lowest BCUT2D eigenvalue weighted by Crippen LogP contribution is -2.37. The summed E-state index contributed by atoms with van der Waals surface area (Å²) in [6, 6.07) is 7.00. The quantitative estimate of drug-likeness (QED) is 0.761. The van der Waals surface area contributed by atoms with Crippen LogP contribution in [0.15, 0.2) is 24.3 Å². The molecule has 1 atom stereocenters. The number of hydrogen-bond acceptors (Lipinski definition) is 4. The van der Waals surface area contributed by atoms with Crippen LogP contribution >= 0.6 is 11.6 Å². The van der Waals surface area contributed by atoms with Gasteiger partial charge in [-0.15, -0.1) is 0 Å². The van der Waals surface area contributed by atoms with Crippen LogP contribution in [0.5, 0.6) is 0 Å². The third-order valence-electron chi connectivity index (χ3n) is 3.47. The largest absolute Gasteiger partial charge is 0.393 e. The molecule has 1 heterocycles. The minimum atomic E-state index is -1.01. The number of aliphatic hydroxyl groups is 2. The fraction of sp³-hybridized carbons (Fsp3) is 0.500. The maximum Gasteiger partial charge on any atom is 0.225 e. The molecular formula is C14H19ClN2O3. The highest BCUT2D eigenvalue weighted by Crippen LogP contribution is 2.20. The van der Waals surface area contributed by atoms with Gasteiger partial charge in [-0.1, -0.05) is 17.7 Å². The van der Waals surface area contributed by atoms with Gasteiger partial charge in [0, 0.05) is 36.8 Å². The van der Waals surface area contributed by atoms with Crippen LogP contribution in [0.1, 0.15) is 12.8 Å². The molecule has 1 amide bonds. The number of β-amino-alcohol motifs (C(OH)–C–C–N with tert-alkyl or cyclic N) is 1. The first-order chi connectivity index (χ1) is 9.50. The van der Waals surface area contributed by atoms with Gasteiger partial charge in [0.2, 0.25) is 5.91 Å². The molecular weight excluding hydrogens is 280 g/mol. The Bertz CT molecular complexity index is 483. The van der Waals surface area contributed by atoms with E-state index in [-0.39, 0.29) is 12.5 Å². The lowest BCUT2D eigenvalue weighted by Gasteiger charge is -2.20. The SMILES string of the molecule is O=C(CCN1CCC(O)(CO)C1)Nc1cccc(Cl)c1. The van der Waals surface area contributed by atoms with Gasteiger partial charge in [-0.3, -0.25) is 9.69 Å². The van der Waals surface area contributed by atoms with E-state index in [9.17, 15) is 9.90 Å². The van der Waals surface area contributed by atoms with Gasteiger partial charge in [-0.25, -0.2) is 0 Å². The number of rotatable bonds is 5. The lowest BCUT2D eigenvalue weighted by molar-refractivity contribution is -0.116. The first-order valence-corrected chi connectivity index (χ1v) is 7.00. The Kier molecular flexibility index (Phi) is 4.99. The van der Waals surface area contributed by atoms with Gasteiger partial charge < -0.3 is 15.5 Å². The molecule has 110 valence electrons. The number of amides is 1. The topological polar surface area (TPSA) is 72.8 Å². The maximum atomic E-state index is 11.8. The molecule has 1 aromatic rings. The molecule has 3 N–H and O–H groups in total. The van der Waals surface area contributed by atoms with Crippen LogP contribution in [-0.2, 0) is 4.79 Å². The number of nitrogens with zero attached hydrogens (tertiary/aromatic N) is 1. The van der Waals surface area contributed by atoms with Crippen molar-refractivity contribution in [3.8, 4) is 0 Å². The van der Waals surface area contributed by atoms with E-state index in [1.165, 1.54) is 0 Å². The molecule has 20 heavy (non-hydrogen) atoms. The molecule has 1 saturated heterocycles. The van der Waals surface area contributed by atoms with Crippen molar-refractivity contribution in [1.29, 1.82) is 0 Å². The van der Waals surface area contributed by atoms with Gasteiger partial charge in [0.05, 0.1) is 6.61 Å². The van der Waals surface area contributed by atoms with E-state index in [0.717, 1.165) is 0 Å². The summed E-state index contributed by atoms with van der Waals surface area (Å²) < 4.78 is 0. The number of halogens is 1. The Balaban J connectivity index is 1.76. The van der Waals surface area contributed by atoms with Crippen molar-refractivity contribution in [2.75, 3.05) is 31.6 Å². The third-order valence-corrected chi connectivity index (χ3v) is 3.70. The molecule has 0 spiro atoms. The van der Waals surface area contributed by atoms with Crippen LogP contribution in [0, 0.1) is 0 Å². The minimum Gasteiger partial charge on any atom is -0.393 e. The van der Waals surface area contributed by atoms with E-state index in [4.69, 9.17) is 16.7 Å². The first-order valence-electron chi connectivity index (χ1n) is 6.62. The van der Waals surface area contributed by atoms with Gasteiger partial charge in [-0.2, -0.15) is 0 Å². The molecule has 0 aliphatic carbocycles. The van der Waals surface area contributed by atoms with Crippen LogP contribution in [-0.4, -0.2) is 52.9 Å². The zero-order valence-electron chi connectivity index (χ0n) is 11.2. The number of anilines is 1. The fourth-order valence-electron chi connectivity index (χ4n) is 2.31. The number of carbonyl (C=O) groups is 1. The maximum absolute atomic E-state index is 11.8. The van der Waals surface area contributed by atoms with E-state index in [2.05, 4.69) is 5.32 Å². The normalized spacial score (nSPS) is 22.9. The highest BCUT2D eigenvalue weighted by molar-refractivity contribution is 6.30. The van der Waals surface area contributed by atoms with Gasteiger partial charge >= 0.3 is 0 Å². The Labute approximate surface area is 123 Å². The molecule has 1 aliphatic rings. The number of nitrogens with one attached hydrogen (secondary N) is 1. The van der Waals surface area contributed by atoms with Crippen molar-refractivity contribution in [3.63, 3.8) is 0 Å². The van der Waals surface area contributed by atoms with Crippen LogP contribution in [0.2, 0.25) is 5.02 Å². The van der Waals surface area contributed by atoms with Gasteiger partial charge in [0.25, 0.3) is 0 Å². The lowest BCUT2D eigenvalue weighted by atomic mass is 10.1. The Hall–Kier alpha value is -1.14. The van der Waals surface area contributed by atoms with E-state index in [1.807, 2.05) is 4.90 Å². The highest BCUT2D eigenvalue weighted by Gasteiger charge is 2.35. The van der Waals surface area contributed by atoms with Crippen molar-refractivity contribution in [3.05, 3.63) is 29.3 Å². The molecule has 0 bridgehead atoms. The molecule has 1 aliphatic heterocycles. The summed E-state index contributed by atoms with van der Waals surface area (Å²) in [6.45, 7) is 1.43. The van der Waals surface area contributed by atoms with Crippen molar-refractivity contribution in [2.45, 2.75) is 18.4 Å². The molecule has 1 fully saturated rings. The van der Waals surface area contributed by atoms with Crippen molar-refractivity contribution in [1.82, 2.24) is 4.90 Å². The Morgan fingerprint density at radius 3 is 2.95 bits per heavy atom. The predicted molar refractivity (Wildman–Crippen MR) is 77.8 cm³/mol. The minimum absolute atomic E-state index is 0.0910. The summed E-state index contributed by atoms with van der Waals surface area (Å²) >= 11 is 5.85. The van der Waals surface area contributed by atoms with Crippen LogP contribution in [0.3, 0.4) is 0 Å².